The molecule has 1 saturated heterocycles. The second-order valence-electron chi connectivity index (χ2n) is 6.55. The lowest BCUT2D eigenvalue weighted by Gasteiger charge is -2.32. The molecule has 7 heteroatoms. The number of anilines is 1. The molecule has 1 fully saturated rings. The summed E-state index contributed by atoms with van der Waals surface area (Å²) in [6.07, 6.45) is 3.25. The van der Waals surface area contributed by atoms with Gasteiger partial charge in [-0.15, -0.1) is 0 Å². The minimum absolute atomic E-state index is 0.000148. The number of hydrogen-bond donors (Lipinski definition) is 1. The first-order chi connectivity index (χ1) is 12.7. The normalized spacial score (nSPS) is 18.3. The van der Waals surface area contributed by atoms with Gasteiger partial charge < -0.3 is 19.0 Å². The molecular weight excluding hydrogens is 332 g/mol. The maximum Gasteiger partial charge on any atom is 0.293 e. The molecule has 0 radical (unpaired) electrons. The Kier molecular flexibility index (Phi) is 4.73. The third-order valence-electron chi connectivity index (χ3n) is 4.59. The van der Waals surface area contributed by atoms with Crippen molar-refractivity contribution in [2.24, 2.45) is 7.05 Å². The number of benzene rings is 1. The number of nitrogens with zero attached hydrogens (tertiary/aromatic N) is 3. The number of fused-ring (bicyclic) bond motifs is 1. The minimum atomic E-state index is -0.137. The lowest BCUT2D eigenvalue weighted by molar-refractivity contribution is -0.0258. The molecule has 3 aromatic rings. The number of rotatable bonds is 5. The minimum Gasteiger partial charge on any atom is -0.460 e. The zero-order valence-corrected chi connectivity index (χ0v) is 14.7. The molecule has 1 N–H and O–H groups in total. The van der Waals surface area contributed by atoms with Gasteiger partial charge in [-0.25, -0.2) is 4.98 Å². The second kappa shape index (κ2) is 7.31. The van der Waals surface area contributed by atoms with Gasteiger partial charge in [0.2, 0.25) is 0 Å². The molecule has 1 aromatic carbocycles. The molecule has 1 aliphatic heterocycles. The summed E-state index contributed by atoms with van der Waals surface area (Å²) in [6, 6.07) is 10.1. The van der Waals surface area contributed by atoms with E-state index < -0.39 is 0 Å². The Balaban J connectivity index is 1.36. The quantitative estimate of drug-likeness (QED) is 0.754. The van der Waals surface area contributed by atoms with Crippen LogP contribution in [0.4, 0.5) is 5.82 Å². The summed E-state index contributed by atoms with van der Waals surface area (Å²) >= 11 is 0. The first kappa shape index (κ1) is 16.8. The van der Waals surface area contributed by atoms with Crippen LogP contribution in [0.25, 0.3) is 11.0 Å². The predicted molar refractivity (Wildman–Crippen MR) is 99.2 cm³/mol. The van der Waals surface area contributed by atoms with E-state index in [0.717, 1.165) is 36.4 Å². The van der Waals surface area contributed by atoms with Crippen LogP contribution in [0.3, 0.4) is 0 Å². The van der Waals surface area contributed by atoms with Crippen LogP contribution in [0.2, 0.25) is 0 Å². The topological polar surface area (TPSA) is 72.5 Å². The maximum atomic E-state index is 12.0. The van der Waals surface area contributed by atoms with Crippen LogP contribution in [0.15, 0.2) is 51.9 Å². The Labute approximate surface area is 151 Å². The summed E-state index contributed by atoms with van der Waals surface area (Å²) in [5, 5.41) is 4.23. The van der Waals surface area contributed by atoms with E-state index in [-0.39, 0.29) is 11.7 Å². The average molecular weight is 354 g/mol. The summed E-state index contributed by atoms with van der Waals surface area (Å²) in [6.45, 7) is 3.59. The molecule has 4 rings (SSSR count). The van der Waals surface area contributed by atoms with E-state index in [4.69, 9.17) is 9.15 Å². The van der Waals surface area contributed by atoms with Gasteiger partial charge in [-0.05, 0) is 12.1 Å². The number of aryl methyl sites for hydroxylation is 1. The van der Waals surface area contributed by atoms with E-state index in [1.807, 2.05) is 18.2 Å². The van der Waals surface area contributed by atoms with E-state index in [9.17, 15) is 4.79 Å². The van der Waals surface area contributed by atoms with Crippen molar-refractivity contribution in [2.75, 3.05) is 31.6 Å². The molecule has 0 amide bonds. The van der Waals surface area contributed by atoms with Gasteiger partial charge in [-0.2, -0.15) is 0 Å². The first-order valence-electron chi connectivity index (χ1n) is 8.76. The van der Waals surface area contributed by atoms with Crippen molar-refractivity contribution in [3.05, 3.63) is 58.8 Å². The summed E-state index contributed by atoms with van der Waals surface area (Å²) in [7, 11) is 1.71. The van der Waals surface area contributed by atoms with Gasteiger partial charge in [0.1, 0.15) is 11.3 Å². The highest BCUT2D eigenvalue weighted by molar-refractivity contribution is 5.77. The lowest BCUT2D eigenvalue weighted by atomic mass is 10.2. The van der Waals surface area contributed by atoms with Gasteiger partial charge >= 0.3 is 0 Å². The van der Waals surface area contributed by atoms with E-state index in [2.05, 4.69) is 27.3 Å². The van der Waals surface area contributed by atoms with Gasteiger partial charge in [0.05, 0.1) is 19.3 Å². The zero-order valence-electron chi connectivity index (χ0n) is 14.7. The standard InChI is InChI=1S/C19H22N4O3/c1-22-7-6-20-18(19(22)24)21-11-16-13-23(8-9-25-16)12-15-10-14-4-2-3-5-17(14)26-15/h2-7,10,16H,8-9,11-13H2,1H3,(H,20,21)/t16-/m0/s1. The van der Waals surface area contributed by atoms with Crippen molar-refractivity contribution in [3.8, 4) is 0 Å². The zero-order chi connectivity index (χ0) is 17.9. The smallest absolute Gasteiger partial charge is 0.293 e. The Bertz CT molecular complexity index is 916. The van der Waals surface area contributed by atoms with Crippen molar-refractivity contribution in [2.45, 2.75) is 12.6 Å². The molecule has 2 aromatic heterocycles. The van der Waals surface area contributed by atoms with Crippen LogP contribution in [-0.2, 0) is 18.3 Å². The highest BCUT2D eigenvalue weighted by atomic mass is 16.5. The van der Waals surface area contributed by atoms with E-state index >= 15 is 0 Å². The molecule has 0 unspecified atom stereocenters. The molecule has 0 bridgehead atoms. The Hall–Kier alpha value is -2.64. The number of nitrogens with one attached hydrogen (secondary N) is 1. The predicted octanol–water partition coefficient (Wildman–Crippen LogP) is 1.84. The molecule has 136 valence electrons. The van der Waals surface area contributed by atoms with Crippen LogP contribution in [-0.4, -0.2) is 46.8 Å². The summed E-state index contributed by atoms with van der Waals surface area (Å²) in [5.74, 6) is 1.31. The number of ether oxygens (including phenoxy) is 1. The highest BCUT2D eigenvalue weighted by Crippen LogP contribution is 2.20. The molecule has 1 atom stereocenters. The van der Waals surface area contributed by atoms with Gasteiger partial charge in [-0.1, -0.05) is 18.2 Å². The number of furan rings is 1. The van der Waals surface area contributed by atoms with Crippen molar-refractivity contribution in [3.63, 3.8) is 0 Å². The number of aromatic nitrogens is 2. The van der Waals surface area contributed by atoms with Crippen LogP contribution in [0, 0.1) is 0 Å². The molecule has 7 nitrogen and oxygen atoms in total. The summed E-state index contributed by atoms with van der Waals surface area (Å²) in [5.41, 5.74) is 0.780. The Morgan fingerprint density at radius 2 is 2.23 bits per heavy atom. The molecule has 3 heterocycles. The number of hydrogen-bond acceptors (Lipinski definition) is 6. The fourth-order valence-corrected chi connectivity index (χ4v) is 3.21. The fourth-order valence-electron chi connectivity index (χ4n) is 3.21. The van der Waals surface area contributed by atoms with Crippen molar-refractivity contribution >= 4 is 16.8 Å². The van der Waals surface area contributed by atoms with Crippen LogP contribution >= 0.6 is 0 Å². The molecule has 26 heavy (non-hydrogen) atoms. The third-order valence-corrected chi connectivity index (χ3v) is 4.59. The van der Waals surface area contributed by atoms with Crippen molar-refractivity contribution in [1.29, 1.82) is 0 Å². The van der Waals surface area contributed by atoms with Crippen LogP contribution < -0.4 is 10.9 Å². The maximum absolute atomic E-state index is 12.0. The molecule has 0 saturated carbocycles. The SMILES string of the molecule is Cn1ccnc(NC[C@H]2CN(Cc3cc4ccccc4o3)CCO2)c1=O. The van der Waals surface area contributed by atoms with Crippen molar-refractivity contribution < 1.29 is 9.15 Å². The molecular formula is C19H22N4O3. The Morgan fingerprint density at radius 3 is 3.12 bits per heavy atom. The van der Waals surface area contributed by atoms with E-state index in [1.54, 1.807) is 19.4 Å². The first-order valence-corrected chi connectivity index (χ1v) is 8.76. The highest BCUT2D eigenvalue weighted by Gasteiger charge is 2.22. The largest absolute Gasteiger partial charge is 0.460 e. The molecule has 1 aliphatic rings. The monoisotopic (exact) mass is 354 g/mol. The van der Waals surface area contributed by atoms with Crippen molar-refractivity contribution in [1.82, 2.24) is 14.5 Å². The lowest BCUT2D eigenvalue weighted by Crippen LogP contribution is -2.45. The second-order valence-corrected chi connectivity index (χ2v) is 6.55. The van der Waals surface area contributed by atoms with E-state index in [0.29, 0.717) is 19.0 Å². The third kappa shape index (κ3) is 3.63. The summed E-state index contributed by atoms with van der Waals surface area (Å²) < 4.78 is 13.2. The van der Waals surface area contributed by atoms with Crippen LogP contribution in [0.1, 0.15) is 5.76 Å². The fraction of sp³-hybridized carbons (Fsp3) is 0.368. The average Bonchev–Trinajstić information content (AvgIpc) is 3.05. The number of para-hydroxylation sites is 1. The summed E-state index contributed by atoms with van der Waals surface area (Å²) in [4.78, 5) is 18.4. The van der Waals surface area contributed by atoms with E-state index in [1.165, 1.54) is 4.57 Å². The van der Waals surface area contributed by atoms with Gasteiger partial charge in [0.15, 0.2) is 5.82 Å². The van der Waals surface area contributed by atoms with Gasteiger partial charge in [-0.3, -0.25) is 9.69 Å². The Morgan fingerprint density at radius 1 is 1.35 bits per heavy atom. The van der Waals surface area contributed by atoms with Gasteiger partial charge in [0, 0.05) is 44.5 Å². The van der Waals surface area contributed by atoms with Gasteiger partial charge in [0.25, 0.3) is 5.56 Å². The molecule has 0 aliphatic carbocycles. The van der Waals surface area contributed by atoms with Crippen LogP contribution in [0.5, 0.6) is 0 Å². The number of morpholine rings is 1. The molecule has 0 spiro atoms.